The molecule has 28 heavy (non-hydrogen) atoms. The molecule has 0 saturated carbocycles. The van der Waals surface area contributed by atoms with Crippen molar-refractivity contribution in [3.8, 4) is 11.5 Å². The summed E-state index contributed by atoms with van der Waals surface area (Å²) in [6.07, 6.45) is -0.0492. The fourth-order valence-corrected chi connectivity index (χ4v) is 3.43. The van der Waals surface area contributed by atoms with E-state index in [2.05, 4.69) is 0 Å². The highest BCUT2D eigenvalue weighted by Crippen LogP contribution is 2.46. The van der Waals surface area contributed by atoms with Gasteiger partial charge in [-0.3, -0.25) is 14.4 Å². The minimum atomic E-state index is -1.57. The second-order valence-electron chi connectivity index (χ2n) is 7.68. The maximum Gasteiger partial charge on any atom is 0.324 e. The lowest BCUT2D eigenvalue weighted by Gasteiger charge is -2.31. The van der Waals surface area contributed by atoms with Gasteiger partial charge in [0.15, 0.2) is 22.7 Å². The predicted molar refractivity (Wildman–Crippen MR) is 102 cm³/mol. The zero-order valence-corrected chi connectivity index (χ0v) is 17.3. The average Bonchev–Trinajstić information content (AvgIpc) is 2.88. The molecule has 0 heterocycles. The van der Waals surface area contributed by atoms with Gasteiger partial charge in [-0.1, -0.05) is 0 Å². The van der Waals surface area contributed by atoms with Gasteiger partial charge in [-0.2, -0.15) is 0 Å². The van der Waals surface area contributed by atoms with E-state index >= 15 is 0 Å². The highest BCUT2D eigenvalue weighted by atomic mass is 16.6. The second-order valence-corrected chi connectivity index (χ2v) is 7.68. The van der Waals surface area contributed by atoms with Gasteiger partial charge in [-0.05, 0) is 57.4 Å². The van der Waals surface area contributed by atoms with Crippen LogP contribution in [0.15, 0.2) is 12.1 Å². The van der Waals surface area contributed by atoms with Gasteiger partial charge in [0, 0.05) is 12.8 Å². The zero-order chi connectivity index (χ0) is 21.1. The van der Waals surface area contributed by atoms with Crippen molar-refractivity contribution in [2.45, 2.75) is 58.0 Å². The molecule has 154 valence electrons. The number of hydrogen-bond donors (Lipinski definition) is 0. The predicted octanol–water partition coefficient (Wildman–Crippen LogP) is 2.75. The Labute approximate surface area is 165 Å². The van der Waals surface area contributed by atoms with Crippen LogP contribution in [0.5, 0.6) is 11.5 Å². The van der Waals surface area contributed by atoms with Crippen LogP contribution in [-0.2, 0) is 35.7 Å². The summed E-state index contributed by atoms with van der Waals surface area (Å²) in [5, 5.41) is 0. The van der Waals surface area contributed by atoms with Gasteiger partial charge in [0.1, 0.15) is 5.60 Å². The minimum absolute atomic E-state index is 0.0257. The van der Waals surface area contributed by atoms with Gasteiger partial charge in [-0.15, -0.1) is 0 Å². The molecule has 0 aliphatic heterocycles. The molecule has 0 N–H and O–H groups in total. The fraction of sp³-hybridized carbons (Fsp3) is 0.571. The summed E-state index contributed by atoms with van der Waals surface area (Å²) < 4.78 is 21.2. The summed E-state index contributed by atoms with van der Waals surface area (Å²) in [6, 6.07) is 3.33. The molecule has 1 aromatic carbocycles. The van der Waals surface area contributed by atoms with Gasteiger partial charge >= 0.3 is 11.9 Å². The Kier molecular flexibility index (Phi) is 6.37. The fourth-order valence-electron chi connectivity index (χ4n) is 3.43. The van der Waals surface area contributed by atoms with E-state index in [0.717, 1.165) is 0 Å². The first-order valence-corrected chi connectivity index (χ1v) is 9.26. The van der Waals surface area contributed by atoms with Crippen LogP contribution in [0.1, 0.15) is 51.7 Å². The Hall–Kier alpha value is -2.57. The van der Waals surface area contributed by atoms with Crippen molar-refractivity contribution >= 4 is 17.7 Å². The Morgan fingerprint density at radius 3 is 2.25 bits per heavy atom. The Morgan fingerprint density at radius 2 is 1.71 bits per heavy atom. The number of Topliss-reactive ketones (excluding diaryl/α,β-unsaturated/α-hetero) is 1. The van der Waals surface area contributed by atoms with E-state index < -0.39 is 23.0 Å². The number of hydrogen-bond acceptors (Lipinski definition) is 7. The van der Waals surface area contributed by atoms with Crippen molar-refractivity contribution in [2.24, 2.45) is 0 Å². The number of methoxy groups -OCH3 is 2. The van der Waals surface area contributed by atoms with Crippen LogP contribution in [0.3, 0.4) is 0 Å². The number of esters is 2. The first-order chi connectivity index (χ1) is 13.1. The van der Waals surface area contributed by atoms with Crippen molar-refractivity contribution in [3.63, 3.8) is 0 Å². The standard InChI is InChI=1S/C21H28O7/c1-7-27-18(23)8-9-21(19(24)28-20(2,3)4)14-12-16(26-6)15(25-5)10-13(14)11-17(21)22/h10,12H,7-9,11H2,1-6H3/t21-/m1/s1. The highest BCUT2D eigenvalue weighted by molar-refractivity contribution is 6.14. The molecule has 2 rings (SSSR count). The smallest absolute Gasteiger partial charge is 0.324 e. The summed E-state index contributed by atoms with van der Waals surface area (Å²) in [7, 11) is 2.98. The van der Waals surface area contributed by atoms with E-state index in [1.165, 1.54) is 14.2 Å². The molecular weight excluding hydrogens is 364 g/mol. The molecule has 0 unspecified atom stereocenters. The number of ketones is 1. The lowest BCUT2D eigenvalue weighted by molar-refractivity contribution is -0.164. The molecule has 7 heteroatoms. The Morgan fingerprint density at radius 1 is 1.11 bits per heavy atom. The minimum Gasteiger partial charge on any atom is -0.493 e. The molecule has 0 bridgehead atoms. The number of benzene rings is 1. The topological polar surface area (TPSA) is 88.1 Å². The monoisotopic (exact) mass is 392 g/mol. The van der Waals surface area contributed by atoms with Crippen LogP contribution in [0.4, 0.5) is 0 Å². The van der Waals surface area contributed by atoms with Gasteiger partial charge in [0.05, 0.1) is 20.8 Å². The van der Waals surface area contributed by atoms with E-state index in [1.807, 2.05) is 0 Å². The first kappa shape index (κ1) is 21.7. The summed E-state index contributed by atoms with van der Waals surface area (Å²) >= 11 is 0. The van der Waals surface area contributed by atoms with Gasteiger partial charge in [0.25, 0.3) is 0 Å². The molecule has 1 aliphatic carbocycles. The number of fused-ring (bicyclic) bond motifs is 1. The Bertz CT molecular complexity index is 776. The molecule has 0 amide bonds. The number of ether oxygens (including phenoxy) is 4. The highest BCUT2D eigenvalue weighted by Gasteiger charge is 2.54. The van der Waals surface area contributed by atoms with Gasteiger partial charge in [0.2, 0.25) is 0 Å². The molecule has 0 fully saturated rings. The third-order valence-corrected chi connectivity index (χ3v) is 4.65. The van der Waals surface area contributed by atoms with Crippen molar-refractivity contribution in [2.75, 3.05) is 20.8 Å². The molecule has 1 aliphatic rings. The third kappa shape index (κ3) is 4.13. The number of carbonyl (C=O) groups excluding carboxylic acids is 3. The summed E-state index contributed by atoms with van der Waals surface area (Å²) in [5.74, 6) is -0.566. The average molecular weight is 392 g/mol. The van der Waals surface area contributed by atoms with Crippen LogP contribution in [0.25, 0.3) is 0 Å². The van der Waals surface area contributed by atoms with E-state index in [-0.39, 0.29) is 31.7 Å². The summed E-state index contributed by atoms with van der Waals surface area (Å²) in [5.41, 5.74) is -1.20. The summed E-state index contributed by atoms with van der Waals surface area (Å²) in [6.45, 7) is 7.14. The number of carbonyl (C=O) groups is 3. The SMILES string of the molecule is CCOC(=O)CC[C@]1(C(=O)OC(C)(C)C)C(=O)Cc2cc(OC)c(OC)cc21. The molecular formula is C21H28O7. The molecule has 0 saturated heterocycles. The van der Waals surface area contributed by atoms with E-state index in [4.69, 9.17) is 18.9 Å². The van der Waals surface area contributed by atoms with Crippen LogP contribution < -0.4 is 9.47 Å². The van der Waals surface area contributed by atoms with Crippen molar-refractivity contribution in [3.05, 3.63) is 23.3 Å². The lowest BCUT2D eigenvalue weighted by Crippen LogP contribution is -2.45. The molecule has 7 nitrogen and oxygen atoms in total. The Balaban J connectivity index is 2.57. The molecule has 0 spiro atoms. The molecule has 1 atom stereocenters. The third-order valence-electron chi connectivity index (χ3n) is 4.65. The maximum absolute atomic E-state index is 13.2. The largest absolute Gasteiger partial charge is 0.493 e. The van der Waals surface area contributed by atoms with Crippen LogP contribution in [0, 0.1) is 0 Å². The zero-order valence-electron chi connectivity index (χ0n) is 17.3. The normalized spacial score (nSPS) is 18.4. The van der Waals surface area contributed by atoms with E-state index in [9.17, 15) is 14.4 Å². The quantitative estimate of drug-likeness (QED) is 0.521. The van der Waals surface area contributed by atoms with Gasteiger partial charge < -0.3 is 18.9 Å². The van der Waals surface area contributed by atoms with Crippen LogP contribution >= 0.6 is 0 Å². The molecule has 0 aromatic heterocycles. The van der Waals surface area contributed by atoms with Crippen molar-refractivity contribution in [1.29, 1.82) is 0 Å². The first-order valence-electron chi connectivity index (χ1n) is 9.26. The summed E-state index contributed by atoms with van der Waals surface area (Å²) in [4.78, 5) is 38.3. The number of rotatable bonds is 7. The second kappa shape index (κ2) is 8.20. The lowest BCUT2D eigenvalue weighted by atomic mass is 9.76. The molecule has 1 aromatic rings. The van der Waals surface area contributed by atoms with E-state index in [1.54, 1.807) is 39.8 Å². The van der Waals surface area contributed by atoms with E-state index in [0.29, 0.717) is 22.6 Å². The maximum atomic E-state index is 13.2. The van der Waals surface area contributed by atoms with Gasteiger partial charge in [-0.25, -0.2) is 0 Å². The van der Waals surface area contributed by atoms with Crippen LogP contribution in [-0.4, -0.2) is 44.1 Å². The molecule has 0 radical (unpaired) electrons. The van der Waals surface area contributed by atoms with Crippen molar-refractivity contribution in [1.82, 2.24) is 0 Å². The van der Waals surface area contributed by atoms with Crippen LogP contribution in [0.2, 0.25) is 0 Å². The van der Waals surface area contributed by atoms with Crippen molar-refractivity contribution < 1.29 is 33.3 Å².